The van der Waals surface area contributed by atoms with Crippen LogP contribution in [0.25, 0.3) is 4.85 Å². The van der Waals surface area contributed by atoms with Crippen LogP contribution >= 0.6 is 12.2 Å². The Kier molecular flexibility index (Phi) is 4.71. The van der Waals surface area contributed by atoms with E-state index in [1.165, 1.54) is 12.5 Å². The first-order valence-corrected chi connectivity index (χ1v) is 10.1. The van der Waals surface area contributed by atoms with Crippen molar-refractivity contribution >= 4 is 46.1 Å². The monoisotopic (exact) mass is 402 g/mol. The van der Waals surface area contributed by atoms with Gasteiger partial charge in [0, 0.05) is 18.3 Å². The molecule has 0 aromatic heterocycles. The van der Waals surface area contributed by atoms with E-state index >= 15 is 0 Å². The van der Waals surface area contributed by atoms with Crippen molar-refractivity contribution < 1.29 is 4.79 Å². The summed E-state index contributed by atoms with van der Waals surface area (Å²) in [7, 11) is 0. The molecule has 2 aliphatic rings. The van der Waals surface area contributed by atoms with Crippen LogP contribution in [-0.4, -0.2) is 22.4 Å². The number of aliphatic imine (C=N–C) groups is 1. The fourth-order valence-electron chi connectivity index (χ4n) is 4.13. The summed E-state index contributed by atoms with van der Waals surface area (Å²) in [6, 6.07) is 13.9. The minimum absolute atomic E-state index is 0.237. The van der Waals surface area contributed by atoms with E-state index in [4.69, 9.17) is 18.8 Å². The van der Waals surface area contributed by atoms with E-state index in [1.54, 1.807) is 6.07 Å². The lowest BCUT2D eigenvalue weighted by Gasteiger charge is -2.44. The molecular weight excluding hydrogens is 380 g/mol. The van der Waals surface area contributed by atoms with Crippen LogP contribution in [0.15, 0.2) is 47.5 Å². The molecule has 1 heterocycles. The number of carbonyl (C=O) groups excluding carboxylic acids is 1. The van der Waals surface area contributed by atoms with E-state index < -0.39 is 5.54 Å². The smallest absolute Gasteiger partial charge is 0.244 e. The summed E-state index contributed by atoms with van der Waals surface area (Å²) >= 11 is 5.94. The first-order valence-electron chi connectivity index (χ1n) is 9.66. The molecule has 4 rings (SSSR count). The van der Waals surface area contributed by atoms with Crippen molar-refractivity contribution in [1.29, 1.82) is 0 Å². The average molecular weight is 403 g/mol. The van der Waals surface area contributed by atoms with Crippen LogP contribution in [0.5, 0.6) is 0 Å². The van der Waals surface area contributed by atoms with Crippen LogP contribution in [0.2, 0.25) is 0 Å². The third-order valence-electron chi connectivity index (χ3n) is 5.73. The molecule has 2 aromatic carbocycles. The lowest BCUT2D eigenvalue weighted by atomic mass is 9.74. The van der Waals surface area contributed by atoms with Crippen LogP contribution in [0.4, 0.5) is 17.1 Å². The van der Waals surface area contributed by atoms with Crippen molar-refractivity contribution in [1.82, 2.24) is 0 Å². The summed E-state index contributed by atoms with van der Waals surface area (Å²) in [5.41, 5.74) is 4.11. The summed E-state index contributed by atoms with van der Waals surface area (Å²) in [6.45, 7) is 12.8. The number of anilines is 2. The molecule has 2 aromatic rings. The van der Waals surface area contributed by atoms with Gasteiger partial charge in [-0.2, -0.15) is 4.99 Å². The highest BCUT2D eigenvalue weighted by Crippen LogP contribution is 2.48. The van der Waals surface area contributed by atoms with Crippen molar-refractivity contribution in [3.8, 4) is 0 Å². The molecule has 2 fully saturated rings. The Bertz CT molecular complexity index is 1080. The number of aryl methyl sites for hydroxylation is 2. The molecule has 146 valence electrons. The molecule has 0 N–H and O–H groups in total. The molecule has 1 aliphatic carbocycles. The van der Waals surface area contributed by atoms with Crippen molar-refractivity contribution in [2.24, 2.45) is 4.99 Å². The van der Waals surface area contributed by atoms with Crippen LogP contribution in [0.1, 0.15) is 37.3 Å². The second-order valence-corrected chi connectivity index (χ2v) is 8.08. The molecule has 0 unspecified atom stereocenters. The number of carbonyl (C=O) groups is 1. The first kappa shape index (κ1) is 19.3. The zero-order chi connectivity index (χ0) is 20.8. The van der Waals surface area contributed by atoms with Gasteiger partial charge in [0.2, 0.25) is 5.91 Å². The summed E-state index contributed by atoms with van der Waals surface area (Å²) in [5.74, 6) is 0.455. The van der Waals surface area contributed by atoms with Crippen LogP contribution in [0.3, 0.4) is 0 Å². The number of hydrogen-bond acceptors (Lipinski definition) is 2. The van der Waals surface area contributed by atoms with Crippen LogP contribution in [-0.2, 0) is 4.79 Å². The average Bonchev–Trinajstić information content (AvgIpc) is 2.90. The summed E-state index contributed by atoms with van der Waals surface area (Å²) < 4.78 is 0. The predicted molar refractivity (Wildman–Crippen MR) is 121 cm³/mol. The molecule has 5 nitrogen and oxygen atoms in total. The quantitative estimate of drug-likeness (QED) is 0.503. The summed E-state index contributed by atoms with van der Waals surface area (Å²) in [5, 5.41) is 0.614. The van der Waals surface area contributed by atoms with Gasteiger partial charge < -0.3 is 4.90 Å². The number of amidine groups is 1. The number of benzene rings is 2. The van der Waals surface area contributed by atoms with E-state index in [0.717, 1.165) is 36.2 Å². The maximum atomic E-state index is 12.1. The van der Waals surface area contributed by atoms with E-state index in [9.17, 15) is 4.79 Å². The number of thiocarbonyl (C=S) groups is 1. The summed E-state index contributed by atoms with van der Waals surface area (Å²) in [4.78, 5) is 24.1. The molecule has 1 saturated carbocycles. The minimum Gasteiger partial charge on any atom is -0.305 e. The van der Waals surface area contributed by atoms with Crippen molar-refractivity contribution in [3.63, 3.8) is 0 Å². The Labute approximate surface area is 176 Å². The van der Waals surface area contributed by atoms with E-state index in [1.807, 2.05) is 24.0 Å². The Morgan fingerprint density at radius 1 is 1.14 bits per heavy atom. The molecule has 1 spiro atoms. The van der Waals surface area contributed by atoms with Gasteiger partial charge in [-0.05, 0) is 75.2 Å². The molecular formula is C23H22N4OS. The van der Waals surface area contributed by atoms with Gasteiger partial charge in [-0.1, -0.05) is 23.8 Å². The van der Waals surface area contributed by atoms with Gasteiger partial charge in [-0.3, -0.25) is 9.69 Å². The highest BCUT2D eigenvalue weighted by atomic mass is 32.1. The van der Waals surface area contributed by atoms with Crippen molar-refractivity contribution in [2.45, 2.75) is 45.6 Å². The van der Waals surface area contributed by atoms with Gasteiger partial charge in [0.15, 0.2) is 10.8 Å². The normalized spacial score (nSPS) is 18.8. The van der Waals surface area contributed by atoms with Gasteiger partial charge in [-0.25, -0.2) is 4.85 Å². The fourth-order valence-corrected chi connectivity index (χ4v) is 4.60. The molecule has 6 heteroatoms. The molecule has 29 heavy (non-hydrogen) atoms. The van der Waals surface area contributed by atoms with Crippen LogP contribution in [0, 0.1) is 20.4 Å². The zero-order valence-electron chi connectivity index (χ0n) is 16.8. The van der Waals surface area contributed by atoms with Crippen LogP contribution < -0.4 is 9.80 Å². The lowest BCUT2D eigenvalue weighted by molar-refractivity contribution is -0.115. The lowest BCUT2D eigenvalue weighted by Crippen LogP contribution is -2.55. The molecule has 0 bridgehead atoms. The molecule has 0 atom stereocenters. The Morgan fingerprint density at radius 2 is 1.79 bits per heavy atom. The second-order valence-electron chi connectivity index (χ2n) is 7.71. The molecule has 0 radical (unpaired) electrons. The van der Waals surface area contributed by atoms with Gasteiger partial charge in [0.05, 0.1) is 6.57 Å². The van der Waals surface area contributed by atoms with E-state index in [-0.39, 0.29) is 5.91 Å². The number of nitrogens with zero attached hydrogens (tertiary/aromatic N) is 4. The van der Waals surface area contributed by atoms with Gasteiger partial charge in [0.25, 0.3) is 0 Å². The Morgan fingerprint density at radius 3 is 2.31 bits per heavy atom. The van der Waals surface area contributed by atoms with E-state index in [2.05, 4.69) is 45.9 Å². The topological polar surface area (TPSA) is 40.3 Å². The largest absolute Gasteiger partial charge is 0.305 e. The molecule has 1 saturated heterocycles. The van der Waals surface area contributed by atoms with Crippen molar-refractivity contribution in [2.75, 3.05) is 9.80 Å². The SMILES string of the molecule is [C-]#[N+]c1ccc(N2C(=S)N(c3ccc(C)cc3)C3(CCC3)C2=NC(C)=O)cc1C. The highest BCUT2D eigenvalue weighted by Gasteiger charge is 2.57. The third kappa shape index (κ3) is 3.02. The maximum absolute atomic E-state index is 12.1. The Hall–Kier alpha value is -3.04. The molecule has 1 amide bonds. The van der Waals surface area contributed by atoms with Gasteiger partial charge >= 0.3 is 0 Å². The highest BCUT2D eigenvalue weighted by molar-refractivity contribution is 7.81. The zero-order valence-corrected chi connectivity index (χ0v) is 17.6. The standard InChI is InChI=1S/C23H22N4OS/c1-15-6-8-18(9-7-15)27-22(29)26(19-10-11-20(24-4)16(2)14-19)21(25-17(3)28)23(27)12-5-13-23/h6-11,14H,5,12-13H2,1-3H3. The Balaban J connectivity index is 1.89. The number of amides is 1. The number of hydrogen-bond donors (Lipinski definition) is 0. The second kappa shape index (κ2) is 7.09. The first-order chi connectivity index (χ1) is 13.9. The van der Waals surface area contributed by atoms with Gasteiger partial charge in [-0.15, -0.1) is 0 Å². The minimum atomic E-state index is -0.398. The maximum Gasteiger partial charge on any atom is 0.244 e. The van der Waals surface area contributed by atoms with Gasteiger partial charge in [0.1, 0.15) is 11.4 Å². The van der Waals surface area contributed by atoms with E-state index in [0.29, 0.717) is 16.6 Å². The molecule has 1 aliphatic heterocycles. The third-order valence-corrected chi connectivity index (χ3v) is 6.10. The van der Waals surface area contributed by atoms with Crippen molar-refractivity contribution in [3.05, 3.63) is 65.0 Å². The predicted octanol–water partition coefficient (Wildman–Crippen LogP) is 5.33. The number of rotatable bonds is 2. The summed E-state index contributed by atoms with van der Waals surface area (Å²) in [6.07, 6.45) is 2.84. The fraction of sp³-hybridized carbons (Fsp3) is 0.304.